The van der Waals surface area contributed by atoms with Crippen LogP contribution in [0.15, 0.2) is 41.1 Å². The van der Waals surface area contributed by atoms with E-state index in [4.69, 9.17) is 11.6 Å². The Kier molecular flexibility index (Phi) is 4.68. The van der Waals surface area contributed by atoms with Gasteiger partial charge in [0, 0.05) is 17.3 Å². The zero-order valence-corrected chi connectivity index (χ0v) is 14.2. The highest BCUT2D eigenvalue weighted by molar-refractivity contribution is 7.07. The normalized spacial score (nSPS) is 19.0. The summed E-state index contributed by atoms with van der Waals surface area (Å²) in [6, 6.07) is 9.02. The highest BCUT2D eigenvalue weighted by atomic mass is 35.5. The molecule has 2 atom stereocenters. The van der Waals surface area contributed by atoms with Crippen LogP contribution < -0.4 is 10.2 Å². The summed E-state index contributed by atoms with van der Waals surface area (Å²) in [5.74, 6) is -1.00. The Morgan fingerprint density at radius 1 is 1.43 bits per heavy atom. The van der Waals surface area contributed by atoms with Gasteiger partial charge in [-0.2, -0.15) is 11.3 Å². The van der Waals surface area contributed by atoms with Crippen molar-refractivity contribution < 1.29 is 9.59 Å². The molecule has 0 bridgehead atoms. The molecule has 1 aromatic heterocycles. The molecule has 1 aliphatic heterocycles. The van der Waals surface area contributed by atoms with Crippen LogP contribution in [-0.2, 0) is 9.59 Å². The maximum Gasteiger partial charge on any atom is 0.239 e. The second kappa shape index (κ2) is 6.72. The number of anilines is 1. The molecule has 3 rings (SSSR count). The van der Waals surface area contributed by atoms with E-state index >= 15 is 0 Å². The highest BCUT2D eigenvalue weighted by Crippen LogP contribution is 2.28. The predicted octanol–water partition coefficient (Wildman–Crippen LogP) is 3.63. The van der Waals surface area contributed by atoms with Crippen LogP contribution >= 0.6 is 22.9 Å². The standard InChI is InChI=1S/C17H17ClN2O2S/c1-11(12-6-8-23-10-12)19-16(21)15-5-7-20(17(15)22)14-4-2-3-13(18)9-14/h2-4,6,8-11,15H,5,7H2,1H3,(H,19,21). The lowest BCUT2D eigenvalue weighted by molar-refractivity contribution is -0.132. The molecular formula is C17H17ClN2O2S. The quantitative estimate of drug-likeness (QED) is 0.858. The fourth-order valence-electron chi connectivity index (χ4n) is 2.74. The second-order valence-corrected chi connectivity index (χ2v) is 6.81. The molecule has 0 saturated carbocycles. The Bertz CT molecular complexity index is 717. The van der Waals surface area contributed by atoms with E-state index in [1.807, 2.05) is 29.8 Å². The van der Waals surface area contributed by atoms with Gasteiger partial charge in [-0.05, 0) is 53.9 Å². The van der Waals surface area contributed by atoms with Crippen molar-refractivity contribution in [1.29, 1.82) is 0 Å². The number of halogens is 1. The van der Waals surface area contributed by atoms with Crippen molar-refractivity contribution in [3.63, 3.8) is 0 Å². The fraction of sp³-hybridized carbons (Fsp3) is 0.294. The van der Waals surface area contributed by atoms with Gasteiger partial charge < -0.3 is 10.2 Å². The molecule has 2 aromatic rings. The van der Waals surface area contributed by atoms with E-state index in [1.54, 1.807) is 34.4 Å². The van der Waals surface area contributed by atoms with Gasteiger partial charge in [0.15, 0.2) is 0 Å². The smallest absolute Gasteiger partial charge is 0.239 e. The number of hydrogen-bond acceptors (Lipinski definition) is 3. The molecule has 0 aliphatic carbocycles. The number of nitrogens with zero attached hydrogens (tertiary/aromatic N) is 1. The molecule has 0 spiro atoms. The molecule has 2 amide bonds. The SMILES string of the molecule is CC(NC(=O)C1CCN(c2cccc(Cl)c2)C1=O)c1ccsc1. The summed E-state index contributed by atoms with van der Waals surface area (Å²) in [6.45, 7) is 2.46. The van der Waals surface area contributed by atoms with Crippen LogP contribution in [0.1, 0.15) is 24.9 Å². The molecule has 23 heavy (non-hydrogen) atoms. The zero-order valence-electron chi connectivity index (χ0n) is 12.7. The number of nitrogens with one attached hydrogen (secondary N) is 1. The van der Waals surface area contributed by atoms with E-state index in [9.17, 15) is 9.59 Å². The first-order valence-electron chi connectivity index (χ1n) is 7.45. The lowest BCUT2D eigenvalue weighted by Gasteiger charge is -2.18. The van der Waals surface area contributed by atoms with E-state index in [-0.39, 0.29) is 17.9 Å². The summed E-state index contributed by atoms with van der Waals surface area (Å²) in [5, 5.41) is 7.48. The molecule has 2 heterocycles. The van der Waals surface area contributed by atoms with Crippen molar-refractivity contribution in [2.24, 2.45) is 5.92 Å². The van der Waals surface area contributed by atoms with Crippen molar-refractivity contribution >= 4 is 40.4 Å². The second-order valence-electron chi connectivity index (χ2n) is 5.60. The lowest BCUT2D eigenvalue weighted by atomic mass is 10.1. The monoisotopic (exact) mass is 348 g/mol. The van der Waals surface area contributed by atoms with Crippen LogP contribution in [0.5, 0.6) is 0 Å². The van der Waals surface area contributed by atoms with E-state index in [1.165, 1.54) is 0 Å². The molecule has 1 N–H and O–H groups in total. The topological polar surface area (TPSA) is 49.4 Å². The third-order valence-corrected chi connectivity index (χ3v) is 4.98. The maximum absolute atomic E-state index is 12.6. The Hall–Kier alpha value is -1.85. The number of hydrogen-bond donors (Lipinski definition) is 1. The Balaban J connectivity index is 1.68. The van der Waals surface area contributed by atoms with Gasteiger partial charge in [-0.1, -0.05) is 17.7 Å². The Morgan fingerprint density at radius 2 is 2.26 bits per heavy atom. The maximum atomic E-state index is 12.6. The van der Waals surface area contributed by atoms with Crippen molar-refractivity contribution in [2.75, 3.05) is 11.4 Å². The molecule has 4 nitrogen and oxygen atoms in total. The first-order chi connectivity index (χ1) is 11.1. The first-order valence-corrected chi connectivity index (χ1v) is 8.78. The summed E-state index contributed by atoms with van der Waals surface area (Å²) < 4.78 is 0. The van der Waals surface area contributed by atoms with E-state index in [0.717, 1.165) is 11.3 Å². The molecule has 0 radical (unpaired) electrons. The molecular weight excluding hydrogens is 332 g/mol. The number of rotatable bonds is 4. The molecule has 1 aliphatic rings. The summed E-state index contributed by atoms with van der Waals surface area (Å²) in [6.07, 6.45) is 0.521. The average molecular weight is 349 g/mol. The van der Waals surface area contributed by atoms with Crippen molar-refractivity contribution in [3.8, 4) is 0 Å². The number of benzene rings is 1. The van der Waals surface area contributed by atoms with Crippen LogP contribution in [-0.4, -0.2) is 18.4 Å². The average Bonchev–Trinajstić information content (AvgIpc) is 3.16. The van der Waals surface area contributed by atoms with Crippen molar-refractivity contribution in [1.82, 2.24) is 5.32 Å². The van der Waals surface area contributed by atoms with Gasteiger partial charge in [-0.3, -0.25) is 9.59 Å². The minimum Gasteiger partial charge on any atom is -0.349 e. The van der Waals surface area contributed by atoms with Crippen LogP contribution in [0.4, 0.5) is 5.69 Å². The molecule has 1 aromatic carbocycles. The van der Waals surface area contributed by atoms with E-state index in [2.05, 4.69) is 5.32 Å². The third kappa shape index (κ3) is 3.41. The van der Waals surface area contributed by atoms with Crippen LogP contribution in [0.2, 0.25) is 5.02 Å². The van der Waals surface area contributed by atoms with Crippen molar-refractivity contribution in [3.05, 3.63) is 51.7 Å². The van der Waals surface area contributed by atoms with Crippen LogP contribution in [0, 0.1) is 5.92 Å². The molecule has 6 heteroatoms. The number of amides is 2. The van der Waals surface area contributed by atoms with Crippen LogP contribution in [0.25, 0.3) is 0 Å². The molecule has 1 fully saturated rings. The van der Waals surface area contributed by atoms with Gasteiger partial charge in [0.05, 0.1) is 6.04 Å². The van der Waals surface area contributed by atoms with Gasteiger partial charge in [0.1, 0.15) is 5.92 Å². The van der Waals surface area contributed by atoms with Crippen molar-refractivity contribution in [2.45, 2.75) is 19.4 Å². The third-order valence-electron chi connectivity index (χ3n) is 4.04. The van der Waals surface area contributed by atoms with Gasteiger partial charge in [0.2, 0.25) is 11.8 Å². The van der Waals surface area contributed by atoms with Gasteiger partial charge >= 0.3 is 0 Å². The molecule has 2 unspecified atom stereocenters. The Labute approximate surface area is 144 Å². The Morgan fingerprint density at radius 3 is 2.96 bits per heavy atom. The number of thiophene rings is 1. The first kappa shape index (κ1) is 16.0. The summed E-state index contributed by atoms with van der Waals surface area (Å²) in [7, 11) is 0. The number of carbonyl (C=O) groups is 2. The van der Waals surface area contributed by atoms with Crippen LogP contribution in [0.3, 0.4) is 0 Å². The molecule has 120 valence electrons. The predicted molar refractivity (Wildman–Crippen MR) is 92.8 cm³/mol. The van der Waals surface area contributed by atoms with Gasteiger partial charge in [0.25, 0.3) is 0 Å². The largest absolute Gasteiger partial charge is 0.349 e. The summed E-state index contributed by atoms with van der Waals surface area (Å²) in [5.41, 5.74) is 1.80. The zero-order chi connectivity index (χ0) is 16.4. The number of carbonyl (C=O) groups excluding carboxylic acids is 2. The van der Waals surface area contributed by atoms with Gasteiger partial charge in [-0.25, -0.2) is 0 Å². The van der Waals surface area contributed by atoms with Gasteiger partial charge in [-0.15, -0.1) is 0 Å². The minimum absolute atomic E-state index is 0.0956. The lowest BCUT2D eigenvalue weighted by Crippen LogP contribution is -2.37. The summed E-state index contributed by atoms with van der Waals surface area (Å²) >= 11 is 7.57. The van der Waals surface area contributed by atoms with E-state index < -0.39 is 5.92 Å². The fourth-order valence-corrected chi connectivity index (χ4v) is 3.68. The molecule has 1 saturated heterocycles. The van der Waals surface area contributed by atoms with E-state index in [0.29, 0.717) is 18.0 Å². The highest BCUT2D eigenvalue weighted by Gasteiger charge is 2.38. The minimum atomic E-state index is -0.630. The summed E-state index contributed by atoms with van der Waals surface area (Å²) in [4.78, 5) is 26.6.